The number of rotatable bonds is 4. The van der Waals surface area contributed by atoms with Crippen molar-refractivity contribution in [2.75, 3.05) is 0 Å². The molecule has 0 saturated carbocycles. The summed E-state index contributed by atoms with van der Waals surface area (Å²) in [5.41, 5.74) is 2.78. The Kier molecular flexibility index (Phi) is 8.06. The average molecular weight is 417 g/mol. The summed E-state index contributed by atoms with van der Waals surface area (Å²) in [4.78, 5) is 0. The Morgan fingerprint density at radius 2 is 1.04 bits per heavy atom. The van der Waals surface area contributed by atoms with E-state index in [0.29, 0.717) is 0 Å². The third-order valence-corrected chi connectivity index (χ3v) is 9.41. The van der Waals surface area contributed by atoms with Crippen molar-refractivity contribution in [2.24, 2.45) is 0 Å². The molecule has 0 radical (unpaired) electrons. The molecule has 4 rings (SSSR count). The van der Waals surface area contributed by atoms with Crippen LogP contribution in [-0.2, 0) is 17.4 Å². The van der Waals surface area contributed by atoms with Crippen molar-refractivity contribution >= 4 is 28.6 Å². The minimum atomic E-state index is -1.74. The quantitative estimate of drug-likeness (QED) is 0.505. The van der Waals surface area contributed by atoms with Crippen LogP contribution in [0.4, 0.5) is 0 Å². The van der Waals surface area contributed by atoms with Gasteiger partial charge in [-0.25, -0.2) is 0 Å². The van der Waals surface area contributed by atoms with Gasteiger partial charge in [0.2, 0.25) is 0 Å². The molecule has 0 amide bonds. The normalized spacial score (nSPS) is 14.2. The van der Waals surface area contributed by atoms with E-state index in [1.54, 1.807) is 11.6 Å². The van der Waals surface area contributed by atoms with E-state index in [1.165, 1.54) is 11.1 Å². The first-order valence-corrected chi connectivity index (χ1v) is 10.8. The van der Waals surface area contributed by atoms with Crippen molar-refractivity contribution in [1.29, 1.82) is 0 Å². The minimum Gasteiger partial charge on any atom is -0.147 e. The van der Waals surface area contributed by atoms with Crippen molar-refractivity contribution in [3.05, 3.63) is 116 Å². The van der Waals surface area contributed by atoms with Gasteiger partial charge in [-0.2, -0.15) is 0 Å². The van der Waals surface area contributed by atoms with Crippen molar-refractivity contribution in [1.82, 2.24) is 0 Å². The Morgan fingerprint density at radius 1 is 0.615 bits per heavy atom. The summed E-state index contributed by atoms with van der Waals surface area (Å²) in [5, 5.41) is 0. The monoisotopic (exact) mass is 416 g/mol. The van der Waals surface area contributed by atoms with E-state index in [4.69, 9.17) is 0 Å². The molecule has 0 spiro atoms. The van der Waals surface area contributed by atoms with Crippen LogP contribution in [0.5, 0.6) is 0 Å². The SMILES string of the molecule is C1=CC[C]([Ti]([C]2=CC=CC2)=[C](c2ccccc2)c2ccccc2)=C1.Cl.Cl. The van der Waals surface area contributed by atoms with Gasteiger partial charge in [-0.05, 0) is 0 Å². The molecule has 2 aromatic carbocycles. The molecule has 0 aliphatic heterocycles. The van der Waals surface area contributed by atoms with E-state index in [-0.39, 0.29) is 24.8 Å². The standard InChI is InChI=1S/C13H10.2C5H5.2ClH.Ti/c1-3-7-12(8-4-1)11-13-9-5-2-6-10-13;2*1-2-4-5-3-1;;;/h1-10H;2*1-3H,4H2;2*1H;. The van der Waals surface area contributed by atoms with Crippen LogP contribution in [0.3, 0.4) is 0 Å². The van der Waals surface area contributed by atoms with Gasteiger partial charge in [0.15, 0.2) is 0 Å². The second kappa shape index (κ2) is 10.0. The van der Waals surface area contributed by atoms with E-state index in [1.807, 2.05) is 0 Å². The molecule has 0 nitrogen and oxygen atoms in total. The van der Waals surface area contributed by atoms with Gasteiger partial charge in [0.1, 0.15) is 0 Å². The van der Waals surface area contributed by atoms with E-state index in [2.05, 4.69) is 97.1 Å². The van der Waals surface area contributed by atoms with Crippen molar-refractivity contribution in [3.8, 4) is 0 Å². The molecular formula is C23H22Cl2Ti. The van der Waals surface area contributed by atoms with Crippen LogP contribution in [0, 0.1) is 0 Å². The Morgan fingerprint density at radius 3 is 1.38 bits per heavy atom. The first kappa shape index (κ1) is 20.9. The maximum atomic E-state index is 2.38. The zero-order valence-corrected chi connectivity index (χ0v) is 17.7. The van der Waals surface area contributed by atoms with Crippen LogP contribution in [0.15, 0.2) is 105 Å². The molecule has 26 heavy (non-hydrogen) atoms. The fourth-order valence-electron chi connectivity index (χ4n) is 3.46. The first-order chi connectivity index (χ1) is 11.9. The number of hydrogen-bond acceptors (Lipinski definition) is 0. The number of allylic oxidation sites excluding steroid dienone is 8. The Labute approximate surface area is 174 Å². The van der Waals surface area contributed by atoms with Crippen molar-refractivity contribution in [3.63, 3.8) is 0 Å². The summed E-state index contributed by atoms with van der Waals surface area (Å²) in [5.74, 6) is 0. The molecule has 0 unspecified atom stereocenters. The van der Waals surface area contributed by atoms with Crippen LogP contribution < -0.4 is 0 Å². The zero-order valence-electron chi connectivity index (χ0n) is 14.5. The van der Waals surface area contributed by atoms with Gasteiger partial charge in [-0.1, -0.05) is 0 Å². The predicted molar refractivity (Wildman–Crippen MR) is 114 cm³/mol. The average Bonchev–Trinajstić information content (AvgIpc) is 3.35. The molecule has 0 atom stereocenters. The van der Waals surface area contributed by atoms with Gasteiger partial charge >= 0.3 is 150 Å². The summed E-state index contributed by atoms with van der Waals surface area (Å²) < 4.78 is 4.90. The maximum Gasteiger partial charge on any atom is -0.147 e. The fourth-order valence-corrected chi connectivity index (χ4v) is 8.35. The van der Waals surface area contributed by atoms with E-state index in [9.17, 15) is 0 Å². The summed E-state index contributed by atoms with van der Waals surface area (Å²) in [6, 6.07) is 22.0. The zero-order chi connectivity index (χ0) is 16.2. The fraction of sp³-hybridized carbons (Fsp3) is 0.0870. The third kappa shape index (κ3) is 4.45. The topological polar surface area (TPSA) is 0 Å². The molecule has 0 heterocycles. The largest absolute Gasteiger partial charge is 0.147 e. The summed E-state index contributed by atoms with van der Waals surface area (Å²) in [6.07, 6.45) is 16.1. The van der Waals surface area contributed by atoms with Crippen LogP contribution >= 0.6 is 24.8 Å². The first-order valence-electron chi connectivity index (χ1n) is 8.51. The number of benzene rings is 2. The summed E-state index contributed by atoms with van der Waals surface area (Å²) >= 11 is -1.74. The van der Waals surface area contributed by atoms with E-state index in [0.717, 1.165) is 12.8 Å². The molecule has 2 aromatic rings. The molecule has 0 saturated heterocycles. The third-order valence-electron chi connectivity index (χ3n) is 4.56. The van der Waals surface area contributed by atoms with Gasteiger partial charge in [0.05, 0.1) is 0 Å². The summed E-state index contributed by atoms with van der Waals surface area (Å²) in [7, 11) is 0. The molecule has 3 heteroatoms. The maximum absolute atomic E-state index is 2.38. The molecule has 132 valence electrons. The second-order valence-electron chi connectivity index (χ2n) is 6.13. The van der Waals surface area contributed by atoms with Gasteiger partial charge < -0.3 is 0 Å². The minimum absolute atomic E-state index is 0. The molecular weight excluding hydrogens is 395 g/mol. The van der Waals surface area contributed by atoms with Gasteiger partial charge in [0.25, 0.3) is 0 Å². The van der Waals surface area contributed by atoms with E-state index < -0.39 is 17.4 Å². The number of hydrogen-bond donors (Lipinski definition) is 0. The predicted octanol–water partition coefficient (Wildman–Crippen LogP) is 6.40. The van der Waals surface area contributed by atoms with Crippen LogP contribution in [0.1, 0.15) is 24.0 Å². The Bertz CT molecular complexity index is 815. The Balaban J connectivity index is 0.00000121. The molecule has 2 aliphatic carbocycles. The molecule has 2 aliphatic rings. The molecule has 0 N–H and O–H groups in total. The van der Waals surface area contributed by atoms with Crippen molar-refractivity contribution < 1.29 is 17.4 Å². The number of halogens is 2. The van der Waals surface area contributed by atoms with Gasteiger partial charge in [-0.15, -0.1) is 24.8 Å². The van der Waals surface area contributed by atoms with Crippen LogP contribution in [0.2, 0.25) is 0 Å². The van der Waals surface area contributed by atoms with Crippen LogP contribution in [0.25, 0.3) is 0 Å². The molecule has 0 fully saturated rings. The summed E-state index contributed by atoms with van der Waals surface area (Å²) in [6.45, 7) is 0. The Hall–Kier alpha value is -1.44. The van der Waals surface area contributed by atoms with E-state index >= 15 is 0 Å². The smallest absolute Gasteiger partial charge is 0.147 e. The molecule has 0 bridgehead atoms. The van der Waals surface area contributed by atoms with Crippen molar-refractivity contribution in [2.45, 2.75) is 12.8 Å². The molecule has 0 aromatic heterocycles. The van der Waals surface area contributed by atoms with Crippen LogP contribution in [-0.4, -0.2) is 3.81 Å². The van der Waals surface area contributed by atoms with Gasteiger partial charge in [0, 0.05) is 0 Å². The second-order valence-corrected chi connectivity index (χ2v) is 10.1. The van der Waals surface area contributed by atoms with Gasteiger partial charge in [-0.3, -0.25) is 0 Å².